The van der Waals surface area contributed by atoms with Gasteiger partial charge in [0.15, 0.2) is 5.11 Å². The van der Waals surface area contributed by atoms with Gasteiger partial charge in [-0.15, -0.1) is 0 Å². The minimum absolute atomic E-state index is 0.00995. The Hall–Kier alpha value is -2.19. The fraction of sp³-hybridized carbons (Fsp3) is 0.412. The van der Waals surface area contributed by atoms with Gasteiger partial charge >= 0.3 is 0 Å². The fourth-order valence-electron chi connectivity index (χ4n) is 2.65. The second-order valence-corrected chi connectivity index (χ2v) is 6.86. The third kappa shape index (κ3) is 6.61. The number of thiocarbonyl (C=S) groups is 1. The molecule has 0 atom stereocenters. The van der Waals surface area contributed by atoms with Crippen molar-refractivity contribution in [3.8, 4) is 0 Å². The van der Waals surface area contributed by atoms with Gasteiger partial charge in [-0.25, -0.2) is 0 Å². The van der Waals surface area contributed by atoms with Gasteiger partial charge in [-0.3, -0.25) is 30.6 Å². The number of carbonyl (C=O) groups excluding carboxylic acids is 3. The maximum absolute atomic E-state index is 12.0. The Morgan fingerprint density at radius 2 is 1.69 bits per heavy atom. The second-order valence-electron chi connectivity index (χ2n) is 6.02. The molecule has 0 heterocycles. The van der Waals surface area contributed by atoms with Crippen LogP contribution in [0.15, 0.2) is 24.3 Å². The normalized spacial score (nSPS) is 14.2. The lowest BCUT2D eigenvalue weighted by Crippen LogP contribution is -2.51. The van der Waals surface area contributed by atoms with Crippen LogP contribution in [0.4, 0.5) is 0 Å². The Balaban J connectivity index is 1.66. The van der Waals surface area contributed by atoms with Crippen molar-refractivity contribution in [3.63, 3.8) is 0 Å². The van der Waals surface area contributed by atoms with E-state index >= 15 is 0 Å². The Morgan fingerprint density at radius 1 is 1.04 bits per heavy atom. The predicted molar refractivity (Wildman–Crippen MR) is 102 cm³/mol. The summed E-state index contributed by atoms with van der Waals surface area (Å²) in [6.45, 7) is -0.157. The molecule has 0 aromatic heterocycles. The molecule has 26 heavy (non-hydrogen) atoms. The van der Waals surface area contributed by atoms with E-state index in [1.54, 1.807) is 24.3 Å². The van der Waals surface area contributed by atoms with Crippen molar-refractivity contribution < 1.29 is 14.4 Å². The summed E-state index contributed by atoms with van der Waals surface area (Å²) in [7, 11) is 0. The second kappa shape index (κ2) is 10.1. The van der Waals surface area contributed by atoms with Crippen molar-refractivity contribution in [1.29, 1.82) is 0 Å². The van der Waals surface area contributed by atoms with Crippen LogP contribution < -0.4 is 21.5 Å². The summed E-state index contributed by atoms with van der Waals surface area (Å²) < 4.78 is 0. The lowest BCUT2D eigenvalue weighted by atomic mass is 9.89. The highest BCUT2D eigenvalue weighted by Gasteiger charge is 2.21. The molecule has 4 N–H and O–H groups in total. The van der Waals surface area contributed by atoms with Crippen molar-refractivity contribution in [2.75, 3.05) is 6.54 Å². The zero-order chi connectivity index (χ0) is 18.9. The molecule has 7 nitrogen and oxygen atoms in total. The molecule has 1 aliphatic rings. The van der Waals surface area contributed by atoms with Crippen LogP contribution in [-0.2, 0) is 9.59 Å². The maximum Gasteiger partial charge on any atom is 0.257 e. The highest BCUT2D eigenvalue weighted by Crippen LogP contribution is 2.23. The van der Waals surface area contributed by atoms with E-state index in [0.29, 0.717) is 10.6 Å². The molecule has 0 saturated heterocycles. The molecule has 1 saturated carbocycles. The SMILES string of the molecule is O=C(CNC(=O)C1CCCCC1)NNC(=S)NC(=O)c1ccc(Cl)cc1. The van der Waals surface area contributed by atoms with Gasteiger partial charge in [0, 0.05) is 16.5 Å². The minimum Gasteiger partial charge on any atom is -0.347 e. The summed E-state index contributed by atoms with van der Waals surface area (Å²) in [5.74, 6) is -1.00. The number of halogens is 1. The van der Waals surface area contributed by atoms with Crippen LogP contribution >= 0.6 is 23.8 Å². The maximum atomic E-state index is 12.0. The average molecular weight is 397 g/mol. The van der Waals surface area contributed by atoms with Crippen LogP contribution in [0.1, 0.15) is 42.5 Å². The molecule has 1 aromatic rings. The van der Waals surface area contributed by atoms with E-state index in [-0.39, 0.29) is 23.5 Å². The highest BCUT2D eigenvalue weighted by molar-refractivity contribution is 7.80. The first kappa shape index (κ1) is 20.1. The van der Waals surface area contributed by atoms with E-state index in [1.165, 1.54) is 0 Å². The monoisotopic (exact) mass is 396 g/mol. The summed E-state index contributed by atoms with van der Waals surface area (Å²) in [4.78, 5) is 35.7. The van der Waals surface area contributed by atoms with Crippen molar-refractivity contribution in [1.82, 2.24) is 21.5 Å². The molecule has 0 spiro atoms. The first-order chi connectivity index (χ1) is 12.5. The van der Waals surface area contributed by atoms with Crippen LogP contribution in [0.25, 0.3) is 0 Å². The van der Waals surface area contributed by atoms with Gasteiger partial charge in [-0.1, -0.05) is 30.9 Å². The highest BCUT2D eigenvalue weighted by atomic mass is 35.5. The van der Waals surface area contributed by atoms with Gasteiger partial charge in [0.2, 0.25) is 5.91 Å². The van der Waals surface area contributed by atoms with Crippen molar-refractivity contribution >= 4 is 46.7 Å². The molecule has 0 unspecified atom stereocenters. The third-order valence-electron chi connectivity index (χ3n) is 4.05. The van der Waals surface area contributed by atoms with Crippen LogP contribution in [0.2, 0.25) is 5.02 Å². The number of rotatable bonds is 4. The van der Waals surface area contributed by atoms with Crippen LogP contribution in [0, 0.1) is 5.92 Å². The lowest BCUT2D eigenvalue weighted by Gasteiger charge is -2.20. The number of benzene rings is 1. The van der Waals surface area contributed by atoms with E-state index in [4.69, 9.17) is 23.8 Å². The van der Waals surface area contributed by atoms with Gasteiger partial charge in [-0.2, -0.15) is 0 Å². The molecule has 0 bridgehead atoms. The number of carbonyl (C=O) groups is 3. The molecule has 1 aliphatic carbocycles. The Morgan fingerprint density at radius 3 is 2.35 bits per heavy atom. The van der Waals surface area contributed by atoms with Gasteiger partial charge < -0.3 is 5.32 Å². The van der Waals surface area contributed by atoms with Gasteiger partial charge in [0.05, 0.1) is 6.54 Å². The standard InChI is InChI=1S/C17H21ClN4O3S/c18-13-8-6-12(7-9-13)16(25)20-17(26)22-21-14(23)10-19-15(24)11-4-2-1-3-5-11/h6-9,11H,1-5,10H2,(H,19,24)(H,21,23)(H2,20,22,25,26). The van der Waals surface area contributed by atoms with Crippen molar-refractivity contribution in [2.45, 2.75) is 32.1 Å². The smallest absolute Gasteiger partial charge is 0.257 e. The lowest BCUT2D eigenvalue weighted by molar-refractivity contribution is -0.129. The molecule has 0 aliphatic heterocycles. The zero-order valence-corrected chi connectivity index (χ0v) is 15.7. The minimum atomic E-state index is -0.461. The number of amides is 3. The van der Waals surface area contributed by atoms with Gasteiger partial charge in [-0.05, 0) is 49.3 Å². The first-order valence-corrected chi connectivity index (χ1v) is 9.18. The van der Waals surface area contributed by atoms with Gasteiger partial charge in [0.1, 0.15) is 0 Å². The average Bonchev–Trinajstić information content (AvgIpc) is 2.65. The third-order valence-corrected chi connectivity index (χ3v) is 4.50. The largest absolute Gasteiger partial charge is 0.347 e. The fourth-order valence-corrected chi connectivity index (χ4v) is 2.92. The van der Waals surface area contributed by atoms with E-state index in [2.05, 4.69) is 21.5 Å². The zero-order valence-electron chi connectivity index (χ0n) is 14.1. The quantitative estimate of drug-likeness (QED) is 0.458. The van der Waals surface area contributed by atoms with Crippen molar-refractivity contribution in [3.05, 3.63) is 34.9 Å². The summed E-state index contributed by atoms with van der Waals surface area (Å²) in [6.07, 6.45) is 4.99. The van der Waals surface area contributed by atoms with E-state index in [9.17, 15) is 14.4 Å². The summed E-state index contributed by atoms with van der Waals surface area (Å²) in [6, 6.07) is 6.28. The molecule has 140 valence electrons. The van der Waals surface area contributed by atoms with E-state index < -0.39 is 11.8 Å². The molecule has 2 rings (SSSR count). The molecular formula is C17H21ClN4O3S. The van der Waals surface area contributed by atoms with Gasteiger partial charge in [0.25, 0.3) is 11.8 Å². The Kier molecular flexibility index (Phi) is 7.80. The molecule has 1 fully saturated rings. The molecule has 1 aromatic carbocycles. The topological polar surface area (TPSA) is 99.3 Å². The van der Waals surface area contributed by atoms with E-state index in [1.807, 2.05) is 0 Å². The van der Waals surface area contributed by atoms with E-state index in [0.717, 1.165) is 32.1 Å². The van der Waals surface area contributed by atoms with Crippen molar-refractivity contribution in [2.24, 2.45) is 5.92 Å². The summed E-state index contributed by atoms with van der Waals surface area (Å²) in [5.41, 5.74) is 5.13. The number of nitrogens with one attached hydrogen (secondary N) is 4. The number of hydrogen-bond acceptors (Lipinski definition) is 4. The Labute approximate surface area is 162 Å². The molecule has 3 amide bonds. The molecule has 9 heteroatoms. The number of hydrazine groups is 1. The predicted octanol–water partition coefficient (Wildman–Crippen LogP) is 1.67. The summed E-state index contributed by atoms with van der Waals surface area (Å²) >= 11 is 10.7. The summed E-state index contributed by atoms with van der Waals surface area (Å²) in [5, 5.41) is 5.50. The Bertz CT molecular complexity index is 675. The number of hydrogen-bond donors (Lipinski definition) is 4. The van der Waals surface area contributed by atoms with Crippen LogP contribution in [0.5, 0.6) is 0 Å². The molecule has 0 radical (unpaired) electrons. The first-order valence-electron chi connectivity index (χ1n) is 8.39. The molecular weight excluding hydrogens is 376 g/mol. The van der Waals surface area contributed by atoms with Crippen LogP contribution in [0.3, 0.4) is 0 Å². The van der Waals surface area contributed by atoms with Crippen LogP contribution in [-0.4, -0.2) is 29.4 Å².